The monoisotopic (exact) mass is 332 g/mol. The second-order valence-corrected chi connectivity index (χ2v) is 4.60. The molecule has 2 aromatic rings. The molecule has 0 spiro atoms. The summed E-state index contributed by atoms with van der Waals surface area (Å²) in [6.45, 7) is 1.19. The first-order chi connectivity index (χ1) is 10.6. The Balaban J connectivity index is 2.48. The van der Waals surface area contributed by atoms with Crippen LogP contribution in [0.15, 0.2) is 30.3 Å². The van der Waals surface area contributed by atoms with Crippen molar-refractivity contribution in [2.45, 2.75) is 13.1 Å². The smallest absolute Gasteiger partial charge is 0.416 e. The molecule has 0 heterocycles. The molecule has 0 aliphatic rings. The van der Waals surface area contributed by atoms with Crippen LogP contribution in [0.5, 0.6) is 11.5 Å². The van der Waals surface area contributed by atoms with E-state index < -0.39 is 40.7 Å². The Morgan fingerprint density at radius 3 is 2.26 bits per heavy atom. The maximum Gasteiger partial charge on any atom is 0.416 e. The van der Waals surface area contributed by atoms with Gasteiger partial charge in [0.25, 0.3) is 0 Å². The van der Waals surface area contributed by atoms with Gasteiger partial charge < -0.3 is 9.84 Å². The Labute approximate surface area is 126 Å². The minimum Gasteiger partial charge on any atom is -0.478 e. The largest absolute Gasteiger partial charge is 0.478 e. The van der Waals surface area contributed by atoms with Crippen LogP contribution in [0.4, 0.5) is 22.0 Å². The van der Waals surface area contributed by atoms with E-state index in [4.69, 9.17) is 9.84 Å². The SMILES string of the molecule is Cc1c(Oc2ccc(C(F)(F)F)cc2C(=O)O)ccc(F)c1F. The molecular weight excluding hydrogens is 323 g/mol. The molecule has 3 nitrogen and oxygen atoms in total. The number of carbonyl (C=O) groups is 1. The van der Waals surface area contributed by atoms with Crippen LogP contribution in [0.2, 0.25) is 0 Å². The molecule has 0 aliphatic heterocycles. The zero-order valence-electron chi connectivity index (χ0n) is 11.5. The van der Waals surface area contributed by atoms with Crippen LogP contribution in [0, 0.1) is 18.6 Å². The Kier molecular flexibility index (Phi) is 4.26. The number of carboxylic acids is 1. The number of hydrogen-bond acceptors (Lipinski definition) is 2. The summed E-state index contributed by atoms with van der Waals surface area (Å²) in [6.07, 6.45) is -4.72. The number of halogens is 5. The second-order valence-electron chi connectivity index (χ2n) is 4.60. The van der Waals surface area contributed by atoms with Crippen molar-refractivity contribution in [1.29, 1.82) is 0 Å². The molecule has 2 aromatic carbocycles. The topological polar surface area (TPSA) is 46.5 Å². The zero-order valence-corrected chi connectivity index (χ0v) is 11.5. The first kappa shape index (κ1) is 16.7. The summed E-state index contributed by atoms with van der Waals surface area (Å²) >= 11 is 0. The lowest BCUT2D eigenvalue weighted by molar-refractivity contribution is -0.137. The van der Waals surface area contributed by atoms with Crippen LogP contribution >= 0.6 is 0 Å². The van der Waals surface area contributed by atoms with E-state index in [1.165, 1.54) is 6.92 Å². The highest BCUT2D eigenvalue weighted by Crippen LogP contribution is 2.35. The number of aromatic carboxylic acids is 1. The summed E-state index contributed by atoms with van der Waals surface area (Å²) in [7, 11) is 0. The average molecular weight is 332 g/mol. The molecule has 122 valence electrons. The van der Waals surface area contributed by atoms with Gasteiger partial charge in [-0.1, -0.05) is 0 Å². The van der Waals surface area contributed by atoms with E-state index in [0.29, 0.717) is 12.1 Å². The predicted molar refractivity (Wildman–Crippen MR) is 69.6 cm³/mol. The molecule has 2 rings (SSSR count). The molecule has 0 aromatic heterocycles. The molecule has 0 radical (unpaired) electrons. The molecule has 0 unspecified atom stereocenters. The van der Waals surface area contributed by atoms with E-state index in [-0.39, 0.29) is 11.3 Å². The van der Waals surface area contributed by atoms with E-state index >= 15 is 0 Å². The molecule has 0 bridgehead atoms. The van der Waals surface area contributed by atoms with Crippen molar-refractivity contribution in [2.75, 3.05) is 0 Å². The fraction of sp³-hybridized carbons (Fsp3) is 0.133. The third-order valence-electron chi connectivity index (χ3n) is 3.05. The Bertz CT molecular complexity index is 768. The summed E-state index contributed by atoms with van der Waals surface area (Å²) in [5, 5.41) is 9.02. The molecule has 1 N–H and O–H groups in total. The number of alkyl halides is 3. The molecule has 0 fully saturated rings. The van der Waals surface area contributed by atoms with Crippen LogP contribution in [0.3, 0.4) is 0 Å². The molecule has 0 saturated carbocycles. The maximum absolute atomic E-state index is 13.5. The van der Waals surface area contributed by atoms with Crippen molar-refractivity contribution in [3.05, 3.63) is 58.7 Å². The Morgan fingerprint density at radius 1 is 1.09 bits per heavy atom. The highest BCUT2D eigenvalue weighted by atomic mass is 19.4. The third kappa shape index (κ3) is 3.41. The van der Waals surface area contributed by atoms with Crippen LogP contribution < -0.4 is 4.74 Å². The Morgan fingerprint density at radius 2 is 1.70 bits per heavy atom. The lowest BCUT2D eigenvalue weighted by Gasteiger charge is -2.14. The fourth-order valence-corrected chi connectivity index (χ4v) is 1.83. The van der Waals surface area contributed by atoms with Crippen molar-refractivity contribution in [2.24, 2.45) is 0 Å². The lowest BCUT2D eigenvalue weighted by Crippen LogP contribution is -2.08. The zero-order chi connectivity index (χ0) is 17.4. The number of ether oxygens (including phenoxy) is 1. The minimum atomic E-state index is -4.72. The van der Waals surface area contributed by atoms with E-state index in [9.17, 15) is 26.7 Å². The van der Waals surface area contributed by atoms with Gasteiger partial charge in [-0.15, -0.1) is 0 Å². The van der Waals surface area contributed by atoms with Crippen molar-refractivity contribution in [1.82, 2.24) is 0 Å². The predicted octanol–water partition coefficient (Wildman–Crippen LogP) is 4.78. The second kappa shape index (κ2) is 5.86. The van der Waals surface area contributed by atoms with Gasteiger partial charge in [-0.25, -0.2) is 13.6 Å². The van der Waals surface area contributed by atoms with E-state index in [2.05, 4.69) is 0 Å². The first-order valence-corrected chi connectivity index (χ1v) is 6.18. The van der Waals surface area contributed by atoms with Gasteiger partial charge in [-0.05, 0) is 37.3 Å². The maximum atomic E-state index is 13.5. The van der Waals surface area contributed by atoms with Crippen LogP contribution in [0.1, 0.15) is 21.5 Å². The molecular formula is C15H9F5O3. The summed E-state index contributed by atoms with van der Waals surface area (Å²) in [5.41, 5.74) is -2.14. The van der Waals surface area contributed by atoms with E-state index in [0.717, 1.165) is 18.2 Å². The molecule has 0 saturated heterocycles. The van der Waals surface area contributed by atoms with Crippen LogP contribution in [0.25, 0.3) is 0 Å². The van der Waals surface area contributed by atoms with E-state index in [1.807, 2.05) is 0 Å². The Hall–Kier alpha value is -2.64. The number of hydrogen-bond donors (Lipinski definition) is 1. The standard InChI is InChI=1S/C15H9F5O3/c1-7-11(5-3-10(16)13(7)17)23-12-4-2-8(15(18,19)20)6-9(12)14(21)22/h2-6H,1H3,(H,21,22). The van der Waals surface area contributed by atoms with Gasteiger partial charge in [0.05, 0.1) is 5.56 Å². The number of rotatable bonds is 3. The van der Waals surface area contributed by atoms with E-state index in [1.54, 1.807) is 0 Å². The summed E-state index contributed by atoms with van der Waals surface area (Å²) in [6, 6.07) is 3.68. The van der Waals surface area contributed by atoms with Crippen LogP contribution in [-0.4, -0.2) is 11.1 Å². The van der Waals surface area contributed by atoms with Crippen LogP contribution in [-0.2, 0) is 6.18 Å². The highest BCUT2D eigenvalue weighted by molar-refractivity contribution is 5.91. The van der Waals surface area contributed by atoms with Gasteiger partial charge in [0.1, 0.15) is 17.1 Å². The van der Waals surface area contributed by atoms with Gasteiger partial charge in [0, 0.05) is 5.56 Å². The number of benzene rings is 2. The van der Waals surface area contributed by atoms with Gasteiger partial charge >= 0.3 is 12.1 Å². The molecule has 0 atom stereocenters. The quantitative estimate of drug-likeness (QED) is 0.823. The highest BCUT2D eigenvalue weighted by Gasteiger charge is 2.32. The minimum absolute atomic E-state index is 0.203. The lowest BCUT2D eigenvalue weighted by atomic mass is 10.1. The molecule has 8 heteroatoms. The molecule has 0 amide bonds. The molecule has 0 aliphatic carbocycles. The van der Waals surface area contributed by atoms with Crippen molar-refractivity contribution < 1.29 is 36.6 Å². The van der Waals surface area contributed by atoms with Gasteiger partial charge in [0.15, 0.2) is 11.6 Å². The normalized spacial score (nSPS) is 11.4. The number of carboxylic acid groups (broad SMARTS) is 1. The van der Waals surface area contributed by atoms with Gasteiger partial charge in [-0.3, -0.25) is 0 Å². The summed E-state index contributed by atoms with van der Waals surface area (Å²) in [4.78, 5) is 11.1. The molecule has 23 heavy (non-hydrogen) atoms. The van der Waals surface area contributed by atoms with Crippen molar-refractivity contribution in [3.8, 4) is 11.5 Å². The third-order valence-corrected chi connectivity index (χ3v) is 3.05. The summed E-state index contributed by atoms with van der Waals surface area (Å²) in [5.74, 6) is -4.58. The van der Waals surface area contributed by atoms with Crippen molar-refractivity contribution in [3.63, 3.8) is 0 Å². The fourth-order valence-electron chi connectivity index (χ4n) is 1.83. The summed E-state index contributed by atoms with van der Waals surface area (Å²) < 4.78 is 69.5. The first-order valence-electron chi connectivity index (χ1n) is 6.18. The van der Waals surface area contributed by atoms with Gasteiger partial charge in [0.2, 0.25) is 0 Å². The average Bonchev–Trinajstić information content (AvgIpc) is 2.47. The van der Waals surface area contributed by atoms with Gasteiger partial charge in [-0.2, -0.15) is 13.2 Å². The van der Waals surface area contributed by atoms with Crippen molar-refractivity contribution >= 4 is 5.97 Å².